The van der Waals surface area contributed by atoms with Gasteiger partial charge in [0.05, 0.1) is 0 Å². The molecule has 0 bridgehead atoms. The highest BCUT2D eigenvalue weighted by Gasteiger charge is 2.23. The quantitative estimate of drug-likeness (QED) is 0.836. The van der Waals surface area contributed by atoms with Gasteiger partial charge in [0.1, 0.15) is 5.75 Å². The number of nitrogens with zero attached hydrogens (tertiary/aromatic N) is 2. The summed E-state index contributed by atoms with van der Waals surface area (Å²) in [7, 11) is 0. The minimum atomic E-state index is -0.0199. The zero-order valence-corrected chi connectivity index (χ0v) is 14.3. The van der Waals surface area contributed by atoms with Gasteiger partial charge in [-0.3, -0.25) is 9.59 Å². The molecule has 1 fully saturated rings. The van der Waals surface area contributed by atoms with Gasteiger partial charge < -0.3 is 14.5 Å². The molecule has 1 saturated heterocycles. The second kappa shape index (κ2) is 7.99. The average molecular weight is 318 g/mol. The average Bonchev–Trinajstić information content (AvgIpc) is 2.56. The Morgan fingerprint density at radius 2 is 1.65 bits per heavy atom. The van der Waals surface area contributed by atoms with E-state index in [1.807, 2.05) is 43.9 Å². The zero-order chi connectivity index (χ0) is 16.8. The first-order chi connectivity index (χ1) is 11.0. The number of carbonyl (C=O) groups is 2. The van der Waals surface area contributed by atoms with Crippen molar-refractivity contribution in [3.8, 4) is 5.75 Å². The molecule has 0 aliphatic carbocycles. The second-order valence-electron chi connectivity index (χ2n) is 6.00. The van der Waals surface area contributed by atoms with Gasteiger partial charge in [-0.15, -0.1) is 0 Å². The Hall–Kier alpha value is -2.04. The fourth-order valence-electron chi connectivity index (χ4n) is 2.69. The maximum absolute atomic E-state index is 12.3. The van der Waals surface area contributed by atoms with Crippen LogP contribution in [0, 0.1) is 13.8 Å². The summed E-state index contributed by atoms with van der Waals surface area (Å²) in [6, 6.07) is 5.84. The molecule has 1 aromatic carbocycles. The van der Waals surface area contributed by atoms with Gasteiger partial charge in [0.2, 0.25) is 5.91 Å². The minimum Gasteiger partial charge on any atom is -0.483 e. The van der Waals surface area contributed by atoms with E-state index in [2.05, 4.69) is 0 Å². The van der Waals surface area contributed by atoms with Crippen LogP contribution in [0.15, 0.2) is 18.2 Å². The van der Waals surface area contributed by atoms with Crippen molar-refractivity contribution >= 4 is 11.8 Å². The highest BCUT2D eigenvalue weighted by molar-refractivity contribution is 5.79. The molecule has 1 aliphatic heterocycles. The molecule has 0 N–H and O–H groups in total. The fraction of sp³-hybridized carbons (Fsp3) is 0.556. The smallest absolute Gasteiger partial charge is 0.260 e. The number of carbonyl (C=O) groups excluding carboxylic acids is 2. The summed E-state index contributed by atoms with van der Waals surface area (Å²) >= 11 is 0. The molecular weight excluding hydrogens is 292 g/mol. The Kier molecular flexibility index (Phi) is 6.02. The molecule has 0 spiro atoms. The van der Waals surface area contributed by atoms with E-state index in [4.69, 9.17) is 4.74 Å². The van der Waals surface area contributed by atoms with Crippen LogP contribution in [0.2, 0.25) is 0 Å². The van der Waals surface area contributed by atoms with Crippen molar-refractivity contribution < 1.29 is 14.3 Å². The third-order valence-electron chi connectivity index (χ3n) is 4.36. The first-order valence-corrected chi connectivity index (χ1v) is 8.27. The van der Waals surface area contributed by atoms with E-state index >= 15 is 0 Å². The summed E-state index contributed by atoms with van der Waals surface area (Å²) in [5.41, 5.74) is 2.22. The summed E-state index contributed by atoms with van der Waals surface area (Å²) in [5, 5.41) is 0. The number of rotatable bonds is 5. The van der Waals surface area contributed by atoms with Crippen molar-refractivity contribution in [1.29, 1.82) is 0 Å². The van der Waals surface area contributed by atoms with Gasteiger partial charge in [0.25, 0.3) is 5.91 Å². The minimum absolute atomic E-state index is 0.0199. The molecule has 2 rings (SSSR count). The SMILES string of the molecule is CCCC(=O)N1CCN(C(=O)COc2cccc(C)c2C)CC1. The zero-order valence-electron chi connectivity index (χ0n) is 14.3. The first-order valence-electron chi connectivity index (χ1n) is 8.27. The van der Waals surface area contributed by atoms with E-state index < -0.39 is 0 Å². The number of amides is 2. The third-order valence-corrected chi connectivity index (χ3v) is 4.36. The van der Waals surface area contributed by atoms with Crippen molar-refractivity contribution in [1.82, 2.24) is 9.80 Å². The Bertz CT molecular complexity index is 563. The number of benzene rings is 1. The van der Waals surface area contributed by atoms with Crippen molar-refractivity contribution in [3.05, 3.63) is 29.3 Å². The van der Waals surface area contributed by atoms with E-state index in [9.17, 15) is 9.59 Å². The molecule has 0 atom stereocenters. The third kappa shape index (κ3) is 4.47. The molecular formula is C18H26N2O3. The van der Waals surface area contributed by atoms with E-state index in [1.165, 1.54) is 0 Å². The summed E-state index contributed by atoms with van der Waals surface area (Å²) in [6.07, 6.45) is 1.45. The number of hydrogen-bond donors (Lipinski definition) is 0. The maximum atomic E-state index is 12.3. The number of ether oxygens (including phenoxy) is 1. The Morgan fingerprint density at radius 1 is 1.04 bits per heavy atom. The van der Waals surface area contributed by atoms with Crippen LogP contribution in [0.5, 0.6) is 5.75 Å². The maximum Gasteiger partial charge on any atom is 0.260 e. The highest BCUT2D eigenvalue weighted by atomic mass is 16.5. The molecule has 1 aliphatic rings. The van der Waals surface area contributed by atoms with Gasteiger partial charge in [-0.05, 0) is 37.5 Å². The summed E-state index contributed by atoms with van der Waals surface area (Å²) < 4.78 is 5.67. The van der Waals surface area contributed by atoms with Gasteiger partial charge in [0.15, 0.2) is 6.61 Å². The van der Waals surface area contributed by atoms with E-state index in [-0.39, 0.29) is 18.4 Å². The van der Waals surface area contributed by atoms with Gasteiger partial charge in [-0.1, -0.05) is 19.1 Å². The molecule has 0 aromatic heterocycles. The monoisotopic (exact) mass is 318 g/mol. The molecule has 0 radical (unpaired) electrons. The molecule has 23 heavy (non-hydrogen) atoms. The van der Waals surface area contributed by atoms with Crippen LogP contribution in [0.3, 0.4) is 0 Å². The lowest BCUT2D eigenvalue weighted by molar-refractivity contribution is -0.140. The number of aryl methyl sites for hydroxylation is 1. The standard InChI is InChI=1S/C18H26N2O3/c1-4-6-17(21)19-9-11-20(12-10-19)18(22)13-23-16-8-5-7-14(2)15(16)3/h5,7-8H,4,6,9-13H2,1-3H3. The van der Waals surface area contributed by atoms with Crippen LogP contribution in [0.25, 0.3) is 0 Å². The van der Waals surface area contributed by atoms with Crippen molar-refractivity contribution in [2.75, 3.05) is 32.8 Å². The van der Waals surface area contributed by atoms with Gasteiger partial charge in [0, 0.05) is 32.6 Å². The summed E-state index contributed by atoms with van der Waals surface area (Å²) in [5.74, 6) is 0.926. The molecule has 126 valence electrons. The van der Waals surface area contributed by atoms with Crippen LogP contribution in [0.4, 0.5) is 0 Å². The topological polar surface area (TPSA) is 49.9 Å². The lowest BCUT2D eigenvalue weighted by Crippen LogP contribution is -2.51. The summed E-state index contributed by atoms with van der Waals surface area (Å²) in [6.45, 7) is 8.48. The second-order valence-corrected chi connectivity index (χ2v) is 6.00. The predicted molar refractivity (Wildman–Crippen MR) is 89.5 cm³/mol. The number of hydrogen-bond acceptors (Lipinski definition) is 3. The predicted octanol–water partition coefficient (Wildman–Crippen LogP) is 2.15. The van der Waals surface area contributed by atoms with Crippen LogP contribution in [-0.4, -0.2) is 54.4 Å². The van der Waals surface area contributed by atoms with Crippen molar-refractivity contribution in [2.45, 2.75) is 33.6 Å². The molecule has 2 amide bonds. The van der Waals surface area contributed by atoms with Gasteiger partial charge >= 0.3 is 0 Å². The molecule has 1 aromatic rings. The Morgan fingerprint density at radius 3 is 2.26 bits per heavy atom. The van der Waals surface area contributed by atoms with E-state index in [0.717, 1.165) is 23.3 Å². The number of piperazine rings is 1. The Labute approximate surface area is 138 Å². The highest BCUT2D eigenvalue weighted by Crippen LogP contribution is 2.20. The molecule has 0 unspecified atom stereocenters. The van der Waals surface area contributed by atoms with Crippen molar-refractivity contribution in [3.63, 3.8) is 0 Å². The molecule has 1 heterocycles. The van der Waals surface area contributed by atoms with Gasteiger partial charge in [-0.2, -0.15) is 0 Å². The molecule has 5 nitrogen and oxygen atoms in total. The van der Waals surface area contributed by atoms with E-state index in [1.54, 1.807) is 4.90 Å². The van der Waals surface area contributed by atoms with Crippen LogP contribution in [0.1, 0.15) is 30.9 Å². The summed E-state index contributed by atoms with van der Waals surface area (Å²) in [4.78, 5) is 27.7. The largest absolute Gasteiger partial charge is 0.483 e. The van der Waals surface area contributed by atoms with Gasteiger partial charge in [-0.25, -0.2) is 0 Å². The fourth-order valence-corrected chi connectivity index (χ4v) is 2.69. The van der Waals surface area contributed by atoms with Crippen LogP contribution < -0.4 is 4.74 Å². The molecule has 5 heteroatoms. The van der Waals surface area contributed by atoms with Crippen LogP contribution in [-0.2, 0) is 9.59 Å². The van der Waals surface area contributed by atoms with Crippen molar-refractivity contribution in [2.24, 2.45) is 0 Å². The Balaban J connectivity index is 1.81. The lowest BCUT2D eigenvalue weighted by atomic mass is 10.1. The normalized spacial score (nSPS) is 14.7. The van der Waals surface area contributed by atoms with Crippen LogP contribution >= 0.6 is 0 Å². The molecule has 0 saturated carbocycles. The van der Waals surface area contributed by atoms with E-state index in [0.29, 0.717) is 32.6 Å². The first kappa shape index (κ1) is 17.3. The lowest BCUT2D eigenvalue weighted by Gasteiger charge is -2.34.